The summed E-state index contributed by atoms with van der Waals surface area (Å²) < 4.78 is 79.3. The van der Waals surface area contributed by atoms with Gasteiger partial charge in [0.15, 0.2) is 0 Å². The number of thiazole rings is 1. The number of alkyl halides is 6. The van der Waals surface area contributed by atoms with E-state index in [-0.39, 0.29) is 18.6 Å². The summed E-state index contributed by atoms with van der Waals surface area (Å²) in [6.07, 6.45) is -12.6. The van der Waals surface area contributed by atoms with E-state index < -0.39 is 24.5 Å². The van der Waals surface area contributed by atoms with Crippen LogP contribution < -0.4 is 0 Å². The number of hydrogen-bond donors (Lipinski definition) is 0. The lowest BCUT2D eigenvalue weighted by Gasteiger charge is -2.44. The molecule has 2 aliphatic rings. The number of likely N-dealkylation sites (tertiary alicyclic amines) is 2. The predicted octanol–water partition coefficient (Wildman–Crippen LogP) is 4.20. The maximum Gasteiger partial charge on any atom is 0.434 e. The molecule has 0 bridgehead atoms. The van der Waals surface area contributed by atoms with Crippen LogP contribution in [0.15, 0.2) is 11.7 Å². The van der Waals surface area contributed by atoms with Crippen molar-refractivity contribution >= 4 is 17.4 Å². The van der Waals surface area contributed by atoms with Crippen LogP contribution >= 0.6 is 11.3 Å². The van der Waals surface area contributed by atoms with E-state index in [2.05, 4.69) is 14.6 Å². The van der Waals surface area contributed by atoms with Gasteiger partial charge in [0, 0.05) is 36.2 Å². The van der Waals surface area contributed by atoms with Gasteiger partial charge in [-0.25, -0.2) is 4.79 Å². The summed E-state index contributed by atoms with van der Waals surface area (Å²) in [5.41, 5.74) is 1.53. The number of piperidine rings is 1. The average molecular weight is 431 g/mol. The molecule has 3 rings (SSSR count). The van der Waals surface area contributed by atoms with Crippen LogP contribution in [0.5, 0.6) is 0 Å². The zero-order chi connectivity index (χ0) is 20.6. The molecule has 2 saturated heterocycles. The van der Waals surface area contributed by atoms with Gasteiger partial charge in [-0.1, -0.05) is 0 Å². The molecule has 1 spiro atoms. The van der Waals surface area contributed by atoms with Crippen LogP contribution in [0, 0.1) is 0 Å². The fraction of sp³-hybridized carbons (Fsp3) is 0.750. The lowest BCUT2D eigenvalue weighted by Crippen LogP contribution is -2.54. The average Bonchev–Trinajstić information content (AvgIpc) is 3.23. The molecule has 0 aliphatic carbocycles. The number of carbonyl (C=O) groups excluding carboxylic acids is 1. The van der Waals surface area contributed by atoms with Gasteiger partial charge in [-0.2, -0.15) is 26.3 Å². The minimum absolute atomic E-state index is 0.0560. The summed E-state index contributed by atoms with van der Waals surface area (Å²) in [4.78, 5) is 20.3. The number of amides is 1. The Bertz CT molecular complexity index is 657. The van der Waals surface area contributed by atoms with E-state index in [1.54, 1.807) is 11.7 Å². The van der Waals surface area contributed by atoms with Crippen LogP contribution in [-0.2, 0) is 11.3 Å². The molecule has 2 aliphatic heterocycles. The third kappa shape index (κ3) is 4.53. The van der Waals surface area contributed by atoms with Crippen LogP contribution in [-0.4, -0.2) is 64.5 Å². The smallest absolute Gasteiger partial charge is 0.426 e. The molecule has 1 amide bonds. The second-order valence-corrected chi connectivity index (χ2v) is 8.02. The molecule has 5 nitrogen and oxygen atoms in total. The standard InChI is InChI=1S/C16H19F6N3O2S/c17-15(18,19)12(16(20,21)22)27-13(26)24-6-3-14(4-7-24)2-1-5-25(14)9-11-8-23-10-28-11/h8,10,12H,1-7,9H2. The normalized spacial score (nSPS) is 20.9. The van der Waals surface area contributed by atoms with Gasteiger partial charge in [0.05, 0.1) is 5.51 Å². The molecule has 12 heteroatoms. The van der Waals surface area contributed by atoms with Crippen LogP contribution in [0.1, 0.15) is 30.6 Å². The molecule has 0 N–H and O–H groups in total. The number of aromatic nitrogens is 1. The van der Waals surface area contributed by atoms with Gasteiger partial charge in [0.2, 0.25) is 0 Å². The molecule has 0 saturated carbocycles. The van der Waals surface area contributed by atoms with E-state index >= 15 is 0 Å². The fourth-order valence-corrected chi connectivity index (χ4v) is 4.52. The Morgan fingerprint density at radius 2 is 1.79 bits per heavy atom. The molecule has 0 aromatic carbocycles. The Labute approximate surface area is 161 Å². The van der Waals surface area contributed by atoms with Gasteiger partial charge in [0.25, 0.3) is 6.10 Å². The van der Waals surface area contributed by atoms with Crippen molar-refractivity contribution < 1.29 is 35.9 Å². The fourth-order valence-electron chi connectivity index (χ4n) is 3.92. The summed E-state index contributed by atoms with van der Waals surface area (Å²) >= 11 is 1.52. The molecule has 0 atom stereocenters. The van der Waals surface area contributed by atoms with Crippen molar-refractivity contribution in [2.24, 2.45) is 0 Å². The number of nitrogens with zero attached hydrogens (tertiary/aromatic N) is 3. The van der Waals surface area contributed by atoms with Crippen LogP contribution in [0.25, 0.3) is 0 Å². The first-order valence-electron chi connectivity index (χ1n) is 8.73. The first-order chi connectivity index (χ1) is 13.0. The Hall–Kier alpha value is -1.56. The molecule has 28 heavy (non-hydrogen) atoms. The van der Waals surface area contributed by atoms with Crippen LogP contribution in [0.3, 0.4) is 0 Å². The summed E-state index contributed by atoms with van der Waals surface area (Å²) in [6.45, 7) is 1.66. The lowest BCUT2D eigenvalue weighted by molar-refractivity contribution is -0.308. The second kappa shape index (κ2) is 7.69. The topological polar surface area (TPSA) is 45.7 Å². The molecule has 0 unspecified atom stereocenters. The van der Waals surface area contributed by atoms with E-state index in [0.717, 1.165) is 29.2 Å². The molecule has 158 valence electrons. The highest BCUT2D eigenvalue weighted by molar-refractivity contribution is 7.09. The van der Waals surface area contributed by atoms with Crippen molar-refractivity contribution in [3.8, 4) is 0 Å². The van der Waals surface area contributed by atoms with Crippen molar-refractivity contribution in [2.75, 3.05) is 19.6 Å². The zero-order valence-corrected chi connectivity index (χ0v) is 15.5. The Morgan fingerprint density at radius 3 is 2.32 bits per heavy atom. The SMILES string of the molecule is O=C(OC(C(F)(F)F)C(F)(F)F)N1CCC2(CCCN2Cc2cncs2)CC1. The van der Waals surface area contributed by atoms with E-state index in [1.807, 2.05) is 0 Å². The molecule has 1 aromatic heterocycles. The monoisotopic (exact) mass is 431 g/mol. The van der Waals surface area contributed by atoms with E-state index in [4.69, 9.17) is 0 Å². The van der Waals surface area contributed by atoms with Gasteiger partial charge in [-0.15, -0.1) is 11.3 Å². The van der Waals surface area contributed by atoms with Gasteiger partial charge in [0.1, 0.15) is 0 Å². The number of carbonyl (C=O) groups is 1. The van der Waals surface area contributed by atoms with Crippen molar-refractivity contribution in [3.63, 3.8) is 0 Å². The molecule has 3 heterocycles. The molecule has 1 aromatic rings. The summed E-state index contributed by atoms with van der Waals surface area (Å²) in [5.74, 6) is 0. The van der Waals surface area contributed by atoms with Crippen LogP contribution in [0.2, 0.25) is 0 Å². The lowest BCUT2D eigenvalue weighted by atomic mass is 9.85. The summed E-state index contributed by atoms with van der Waals surface area (Å²) in [6, 6.07) is 0. The third-order valence-corrected chi connectivity index (χ3v) is 6.10. The Morgan fingerprint density at radius 1 is 1.14 bits per heavy atom. The van der Waals surface area contributed by atoms with Gasteiger partial charge in [-0.05, 0) is 32.2 Å². The van der Waals surface area contributed by atoms with E-state index in [0.29, 0.717) is 19.4 Å². The Kier molecular flexibility index (Phi) is 5.81. The zero-order valence-electron chi connectivity index (χ0n) is 14.7. The maximum atomic E-state index is 12.6. The number of rotatable bonds is 3. The summed E-state index contributed by atoms with van der Waals surface area (Å²) in [7, 11) is 0. The van der Waals surface area contributed by atoms with E-state index in [1.165, 1.54) is 11.3 Å². The number of hydrogen-bond acceptors (Lipinski definition) is 5. The van der Waals surface area contributed by atoms with Crippen molar-refractivity contribution in [1.82, 2.24) is 14.8 Å². The van der Waals surface area contributed by atoms with Gasteiger partial charge < -0.3 is 9.64 Å². The van der Waals surface area contributed by atoms with Crippen molar-refractivity contribution in [1.29, 1.82) is 0 Å². The maximum absolute atomic E-state index is 12.6. The highest BCUT2D eigenvalue weighted by atomic mass is 32.1. The minimum atomic E-state index is -5.71. The Balaban J connectivity index is 1.60. The van der Waals surface area contributed by atoms with E-state index in [9.17, 15) is 31.1 Å². The largest absolute Gasteiger partial charge is 0.434 e. The number of halogens is 6. The van der Waals surface area contributed by atoms with Crippen LogP contribution in [0.4, 0.5) is 31.1 Å². The quantitative estimate of drug-likeness (QED) is 0.673. The number of ether oxygens (including phenoxy) is 1. The second-order valence-electron chi connectivity index (χ2n) is 7.05. The molecular formula is C16H19F6N3O2S. The highest BCUT2D eigenvalue weighted by Crippen LogP contribution is 2.40. The van der Waals surface area contributed by atoms with Crippen molar-refractivity contribution in [2.45, 2.75) is 56.2 Å². The van der Waals surface area contributed by atoms with Gasteiger partial charge in [-0.3, -0.25) is 9.88 Å². The summed E-state index contributed by atoms with van der Waals surface area (Å²) in [5, 5.41) is 0. The third-order valence-electron chi connectivity index (χ3n) is 5.34. The highest BCUT2D eigenvalue weighted by Gasteiger charge is 2.60. The minimum Gasteiger partial charge on any atom is -0.426 e. The predicted molar refractivity (Wildman–Crippen MR) is 87.7 cm³/mol. The molecular weight excluding hydrogens is 412 g/mol. The molecule has 2 fully saturated rings. The first kappa shape index (κ1) is 21.2. The molecule has 0 radical (unpaired) electrons. The van der Waals surface area contributed by atoms with Crippen molar-refractivity contribution in [3.05, 3.63) is 16.6 Å². The van der Waals surface area contributed by atoms with Gasteiger partial charge >= 0.3 is 18.4 Å². The first-order valence-corrected chi connectivity index (χ1v) is 9.61.